The lowest BCUT2D eigenvalue weighted by atomic mass is 10.1. The van der Waals surface area contributed by atoms with Gasteiger partial charge in [0.1, 0.15) is 11.8 Å². The van der Waals surface area contributed by atoms with E-state index in [1.54, 1.807) is 11.0 Å². The first-order valence-corrected chi connectivity index (χ1v) is 6.06. The molecular formula is C13H16F3N3. The van der Waals surface area contributed by atoms with E-state index < -0.39 is 17.9 Å². The first kappa shape index (κ1) is 13.7. The minimum atomic E-state index is -4.48. The molecule has 19 heavy (non-hydrogen) atoms. The van der Waals surface area contributed by atoms with Gasteiger partial charge in [-0.05, 0) is 25.0 Å². The summed E-state index contributed by atoms with van der Waals surface area (Å²) in [5.41, 5.74) is 6.95. The van der Waals surface area contributed by atoms with Crippen molar-refractivity contribution < 1.29 is 13.2 Å². The molecule has 0 amide bonds. The second-order valence-electron chi connectivity index (χ2n) is 4.88. The number of nitrogens with one attached hydrogen (secondary N) is 1. The van der Waals surface area contributed by atoms with Gasteiger partial charge in [0.15, 0.2) is 0 Å². The molecule has 2 atom stereocenters. The molecule has 1 heterocycles. The minimum Gasteiger partial charge on any atom is -0.387 e. The Bertz CT molecular complexity index is 484. The molecular weight excluding hydrogens is 255 g/mol. The fourth-order valence-corrected chi connectivity index (χ4v) is 2.48. The fourth-order valence-electron chi connectivity index (χ4n) is 2.48. The predicted molar refractivity (Wildman–Crippen MR) is 68.4 cm³/mol. The lowest BCUT2D eigenvalue weighted by Crippen LogP contribution is -2.45. The van der Waals surface area contributed by atoms with E-state index in [1.807, 2.05) is 25.1 Å². The van der Waals surface area contributed by atoms with Crippen LogP contribution in [0, 0.1) is 11.3 Å². The van der Waals surface area contributed by atoms with Gasteiger partial charge < -0.3 is 10.6 Å². The molecule has 3 nitrogen and oxygen atoms in total. The number of nitrogens with two attached hydrogens (primary N) is 1. The number of hydrogen-bond acceptors (Lipinski definition) is 2. The van der Waals surface area contributed by atoms with Crippen LogP contribution in [0.25, 0.3) is 0 Å². The van der Waals surface area contributed by atoms with Crippen LogP contribution < -0.4 is 10.6 Å². The Balaban J connectivity index is 2.25. The van der Waals surface area contributed by atoms with Gasteiger partial charge in [-0.15, -0.1) is 0 Å². The predicted octanol–water partition coefficient (Wildman–Crippen LogP) is 2.55. The largest absolute Gasteiger partial charge is 0.400 e. The van der Waals surface area contributed by atoms with E-state index in [9.17, 15) is 13.2 Å². The highest BCUT2D eigenvalue weighted by molar-refractivity contribution is 5.81. The molecule has 0 spiro atoms. The molecule has 104 valence electrons. The van der Waals surface area contributed by atoms with Crippen molar-refractivity contribution >= 4 is 11.5 Å². The highest BCUT2D eigenvalue weighted by Crippen LogP contribution is 2.35. The first-order chi connectivity index (χ1) is 8.80. The van der Waals surface area contributed by atoms with E-state index in [2.05, 4.69) is 0 Å². The van der Waals surface area contributed by atoms with Gasteiger partial charge in [0.2, 0.25) is 0 Å². The third-order valence-electron chi connectivity index (χ3n) is 3.50. The van der Waals surface area contributed by atoms with Crippen LogP contribution in [0.1, 0.15) is 12.5 Å². The summed E-state index contributed by atoms with van der Waals surface area (Å²) in [7, 11) is 0. The van der Waals surface area contributed by atoms with Crippen LogP contribution in [0.2, 0.25) is 0 Å². The second kappa shape index (κ2) is 4.75. The summed E-state index contributed by atoms with van der Waals surface area (Å²) >= 11 is 0. The normalized spacial score (nSPS) is 20.2. The van der Waals surface area contributed by atoms with E-state index in [-0.39, 0.29) is 12.6 Å². The molecule has 1 aliphatic rings. The number of benzene rings is 1. The number of nitrogens with zero attached hydrogens (tertiary/aromatic N) is 1. The number of alkyl halides is 3. The lowest BCUT2D eigenvalue weighted by molar-refractivity contribution is -0.153. The Hall–Kier alpha value is -1.72. The first-order valence-electron chi connectivity index (χ1n) is 6.06. The maximum Gasteiger partial charge on any atom is 0.400 e. The van der Waals surface area contributed by atoms with E-state index in [0.717, 1.165) is 17.7 Å². The van der Waals surface area contributed by atoms with Crippen molar-refractivity contribution in [3.05, 3.63) is 29.8 Å². The summed E-state index contributed by atoms with van der Waals surface area (Å²) in [6.07, 6.45) is -3.76. The van der Waals surface area contributed by atoms with Crippen LogP contribution in [-0.2, 0) is 6.42 Å². The Morgan fingerprint density at radius 2 is 2.11 bits per heavy atom. The third kappa shape index (κ3) is 2.67. The van der Waals surface area contributed by atoms with Crippen LogP contribution in [-0.4, -0.2) is 24.6 Å². The minimum absolute atomic E-state index is 0.0124. The average Bonchev–Trinajstić information content (AvgIpc) is 2.59. The lowest BCUT2D eigenvalue weighted by Gasteiger charge is -2.30. The van der Waals surface area contributed by atoms with Gasteiger partial charge in [-0.25, -0.2) is 0 Å². The van der Waals surface area contributed by atoms with Gasteiger partial charge in [0, 0.05) is 18.3 Å². The molecule has 0 saturated heterocycles. The Labute approximate surface area is 109 Å². The maximum atomic E-state index is 12.9. The van der Waals surface area contributed by atoms with Crippen molar-refractivity contribution in [2.75, 3.05) is 11.4 Å². The van der Waals surface area contributed by atoms with Gasteiger partial charge in [0.25, 0.3) is 0 Å². The molecule has 2 unspecified atom stereocenters. The second-order valence-corrected chi connectivity index (χ2v) is 4.88. The van der Waals surface area contributed by atoms with Crippen LogP contribution in [0.15, 0.2) is 24.3 Å². The molecule has 0 fully saturated rings. The summed E-state index contributed by atoms with van der Waals surface area (Å²) in [5.74, 6) is -2.75. The number of para-hydroxylation sites is 1. The fraction of sp³-hybridized carbons (Fsp3) is 0.462. The van der Waals surface area contributed by atoms with E-state index in [4.69, 9.17) is 11.1 Å². The van der Waals surface area contributed by atoms with Crippen LogP contribution in [0.3, 0.4) is 0 Å². The highest BCUT2D eigenvalue weighted by Gasteiger charge is 2.44. The molecule has 2 rings (SSSR count). The molecule has 1 aliphatic heterocycles. The van der Waals surface area contributed by atoms with Gasteiger partial charge in [0.05, 0.1) is 0 Å². The summed E-state index contributed by atoms with van der Waals surface area (Å²) in [4.78, 5) is 1.69. The molecule has 0 aromatic heterocycles. The molecule has 1 aromatic carbocycles. The van der Waals surface area contributed by atoms with E-state index in [0.29, 0.717) is 0 Å². The summed E-state index contributed by atoms with van der Waals surface area (Å²) < 4.78 is 38.6. The summed E-state index contributed by atoms with van der Waals surface area (Å²) in [6, 6.07) is 7.40. The van der Waals surface area contributed by atoms with Gasteiger partial charge in [-0.1, -0.05) is 18.2 Å². The van der Waals surface area contributed by atoms with Gasteiger partial charge >= 0.3 is 6.18 Å². The van der Waals surface area contributed by atoms with Gasteiger partial charge in [-0.2, -0.15) is 13.2 Å². The highest BCUT2D eigenvalue weighted by atomic mass is 19.4. The zero-order chi connectivity index (χ0) is 14.2. The zero-order valence-electron chi connectivity index (χ0n) is 10.5. The molecule has 6 heteroatoms. The average molecular weight is 271 g/mol. The van der Waals surface area contributed by atoms with E-state index in [1.165, 1.54) is 0 Å². The van der Waals surface area contributed by atoms with Crippen LogP contribution in [0.5, 0.6) is 0 Å². The molecule has 0 saturated carbocycles. The maximum absolute atomic E-state index is 12.9. The Kier molecular flexibility index (Phi) is 3.43. The van der Waals surface area contributed by atoms with Crippen molar-refractivity contribution in [2.24, 2.45) is 11.7 Å². The molecule has 1 aromatic rings. The monoisotopic (exact) mass is 271 g/mol. The molecule has 3 N–H and O–H groups in total. The van der Waals surface area contributed by atoms with Crippen molar-refractivity contribution in [2.45, 2.75) is 25.6 Å². The SMILES string of the molecule is CC1Cc2ccccc2N1CC(C(=N)N)C(F)(F)F. The van der Waals surface area contributed by atoms with Crippen LogP contribution >= 0.6 is 0 Å². The number of halogens is 3. The molecule has 0 radical (unpaired) electrons. The number of anilines is 1. The smallest absolute Gasteiger partial charge is 0.387 e. The summed E-state index contributed by atoms with van der Waals surface area (Å²) in [5, 5.41) is 7.15. The van der Waals surface area contributed by atoms with E-state index >= 15 is 0 Å². The topological polar surface area (TPSA) is 53.1 Å². The standard InChI is InChI=1S/C13H16F3N3/c1-8-6-9-4-2-3-5-11(9)19(8)7-10(12(17)18)13(14,15)16/h2-5,8,10H,6-7H2,1H3,(H3,17,18). The number of hydrogen-bond donors (Lipinski definition) is 2. The number of amidine groups is 1. The van der Waals surface area contributed by atoms with Crippen molar-refractivity contribution in [3.63, 3.8) is 0 Å². The number of rotatable bonds is 3. The Morgan fingerprint density at radius 1 is 1.47 bits per heavy atom. The molecule has 0 aliphatic carbocycles. The third-order valence-corrected chi connectivity index (χ3v) is 3.50. The zero-order valence-corrected chi connectivity index (χ0v) is 10.5. The van der Waals surface area contributed by atoms with Crippen LogP contribution in [0.4, 0.5) is 18.9 Å². The Morgan fingerprint density at radius 3 is 2.68 bits per heavy atom. The number of fused-ring (bicyclic) bond motifs is 1. The summed E-state index contributed by atoms with van der Waals surface area (Å²) in [6.45, 7) is 1.59. The molecule has 0 bridgehead atoms. The quantitative estimate of drug-likeness (QED) is 0.655. The van der Waals surface area contributed by atoms with Crippen molar-refractivity contribution in [1.82, 2.24) is 0 Å². The van der Waals surface area contributed by atoms with Crippen molar-refractivity contribution in [3.8, 4) is 0 Å². The van der Waals surface area contributed by atoms with Gasteiger partial charge in [-0.3, -0.25) is 5.41 Å². The van der Waals surface area contributed by atoms with Crippen molar-refractivity contribution in [1.29, 1.82) is 5.41 Å².